The fourth-order valence-electron chi connectivity index (χ4n) is 1.31. The summed E-state index contributed by atoms with van der Waals surface area (Å²) in [6.45, 7) is 10.8. The SMILES string of the molecule is C[Si](C)(C)C(=O)OOC(=O)OCCCCCCOC(=O)OOC(=O)[Si](C)(C)C. The van der Waals surface area contributed by atoms with Crippen molar-refractivity contribution in [2.75, 3.05) is 13.2 Å². The molecule has 12 heteroatoms. The predicted octanol–water partition coefficient (Wildman–Crippen LogP) is 4.80. The van der Waals surface area contributed by atoms with E-state index in [1.165, 1.54) is 0 Å². The van der Waals surface area contributed by atoms with Gasteiger partial charge in [0, 0.05) is 0 Å². The third-order valence-electron chi connectivity index (χ3n) is 3.07. The molecule has 0 radical (unpaired) electrons. The number of carbonyl (C=O) groups is 4. The van der Waals surface area contributed by atoms with Gasteiger partial charge in [-0.1, -0.05) is 39.3 Å². The van der Waals surface area contributed by atoms with E-state index in [2.05, 4.69) is 19.6 Å². The van der Waals surface area contributed by atoms with E-state index in [4.69, 9.17) is 9.47 Å². The van der Waals surface area contributed by atoms with Crippen molar-refractivity contribution >= 4 is 39.6 Å². The van der Waals surface area contributed by atoms with Crippen LogP contribution < -0.4 is 0 Å². The molecule has 0 saturated carbocycles. The molecule has 0 aromatic carbocycles. The number of ether oxygens (including phenoxy) is 2. The van der Waals surface area contributed by atoms with E-state index in [0.29, 0.717) is 25.7 Å². The number of carbonyl (C=O) groups excluding carboxylic acids is 4. The highest BCUT2D eigenvalue weighted by molar-refractivity contribution is 7.02. The second-order valence-electron chi connectivity index (χ2n) is 8.02. The van der Waals surface area contributed by atoms with Crippen LogP contribution in [0.25, 0.3) is 0 Å². The first kappa shape index (κ1) is 25.9. The van der Waals surface area contributed by atoms with Crippen LogP contribution >= 0.6 is 0 Å². The maximum Gasteiger partial charge on any atom is 0.549 e. The van der Waals surface area contributed by atoms with E-state index >= 15 is 0 Å². The lowest BCUT2D eigenvalue weighted by Crippen LogP contribution is -2.34. The van der Waals surface area contributed by atoms with Crippen LogP contribution in [0.3, 0.4) is 0 Å². The van der Waals surface area contributed by atoms with Gasteiger partial charge in [-0.3, -0.25) is 19.4 Å². The number of rotatable bonds is 9. The molecular formula is C16H30O10Si2. The zero-order valence-corrected chi connectivity index (χ0v) is 19.3. The van der Waals surface area contributed by atoms with Gasteiger partial charge in [0.1, 0.15) is 0 Å². The van der Waals surface area contributed by atoms with Crippen molar-refractivity contribution in [3.05, 3.63) is 0 Å². The molecule has 0 aromatic heterocycles. The van der Waals surface area contributed by atoms with Crippen LogP contribution in [-0.2, 0) is 29.0 Å². The van der Waals surface area contributed by atoms with Crippen molar-refractivity contribution in [1.29, 1.82) is 0 Å². The first-order valence-electron chi connectivity index (χ1n) is 8.95. The summed E-state index contributed by atoms with van der Waals surface area (Å²) in [5, 5.41) is 0. The van der Waals surface area contributed by atoms with Crippen molar-refractivity contribution in [3.63, 3.8) is 0 Å². The molecule has 0 aromatic rings. The Morgan fingerprint density at radius 2 is 0.857 bits per heavy atom. The second kappa shape index (κ2) is 12.4. The highest BCUT2D eigenvalue weighted by atomic mass is 28.3. The van der Waals surface area contributed by atoms with E-state index in [9.17, 15) is 19.2 Å². The summed E-state index contributed by atoms with van der Waals surface area (Å²) in [7, 11) is -4.35. The Labute approximate surface area is 166 Å². The molecular weight excluding hydrogens is 408 g/mol. The molecule has 0 aliphatic heterocycles. The van der Waals surface area contributed by atoms with Gasteiger partial charge in [-0.15, -0.1) is 0 Å². The Morgan fingerprint density at radius 3 is 1.14 bits per heavy atom. The topological polar surface area (TPSA) is 124 Å². The second-order valence-corrected chi connectivity index (χ2v) is 17.8. The highest BCUT2D eigenvalue weighted by Crippen LogP contribution is 2.07. The molecule has 0 spiro atoms. The molecule has 0 aliphatic rings. The fourth-order valence-corrected chi connectivity index (χ4v) is 1.89. The summed E-state index contributed by atoms with van der Waals surface area (Å²) in [5.74, 6) is 0. The zero-order valence-electron chi connectivity index (χ0n) is 17.3. The monoisotopic (exact) mass is 438 g/mol. The van der Waals surface area contributed by atoms with Gasteiger partial charge in [0.05, 0.1) is 13.2 Å². The summed E-state index contributed by atoms with van der Waals surface area (Å²) in [6, 6.07) is 0. The van der Waals surface area contributed by atoms with Crippen molar-refractivity contribution in [1.82, 2.24) is 0 Å². The largest absolute Gasteiger partial charge is 0.549 e. The molecule has 0 aliphatic carbocycles. The lowest BCUT2D eigenvalue weighted by atomic mass is 10.2. The molecule has 0 unspecified atom stereocenters. The average Bonchev–Trinajstić information content (AvgIpc) is 2.57. The average molecular weight is 439 g/mol. The minimum atomic E-state index is -2.17. The number of unbranched alkanes of at least 4 members (excludes halogenated alkanes) is 3. The van der Waals surface area contributed by atoms with Crippen LogP contribution in [0, 0.1) is 0 Å². The van der Waals surface area contributed by atoms with Crippen LogP contribution in [-0.4, -0.2) is 52.9 Å². The van der Waals surface area contributed by atoms with Gasteiger partial charge in [0.15, 0.2) is 16.1 Å². The lowest BCUT2D eigenvalue weighted by Gasteiger charge is -2.12. The molecule has 0 N–H and O–H groups in total. The normalized spacial score (nSPS) is 11.2. The molecule has 0 bridgehead atoms. The third-order valence-corrected chi connectivity index (χ3v) is 5.69. The quantitative estimate of drug-likeness (QED) is 0.163. The fraction of sp³-hybridized carbons (Fsp3) is 0.750. The summed E-state index contributed by atoms with van der Waals surface area (Å²) >= 11 is 0. The van der Waals surface area contributed by atoms with E-state index in [1.54, 1.807) is 39.3 Å². The van der Waals surface area contributed by atoms with E-state index in [1.807, 2.05) is 0 Å². The molecule has 28 heavy (non-hydrogen) atoms. The van der Waals surface area contributed by atoms with Crippen LogP contribution in [0.2, 0.25) is 39.3 Å². The van der Waals surface area contributed by atoms with Gasteiger partial charge < -0.3 is 9.47 Å². The van der Waals surface area contributed by atoms with E-state index < -0.39 is 39.6 Å². The lowest BCUT2D eigenvalue weighted by molar-refractivity contribution is -0.192. The molecule has 0 atom stereocenters. The van der Waals surface area contributed by atoms with Gasteiger partial charge in [-0.25, -0.2) is 9.78 Å². The maximum atomic E-state index is 11.5. The molecule has 10 nitrogen and oxygen atoms in total. The minimum Gasteiger partial charge on any atom is -0.432 e. The summed E-state index contributed by atoms with van der Waals surface area (Å²) in [6.07, 6.45) is 0.428. The minimum absolute atomic E-state index is 0.110. The molecule has 0 rings (SSSR count). The van der Waals surface area contributed by atoms with Crippen molar-refractivity contribution in [2.24, 2.45) is 0 Å². The number of hydrogen-bond donors (Lipinski definition) is 0. The van der Waals surface area contributed by atoms with Gasteiger partial charge in [0.2, 0.25) is 0 Å². The third kappa shape index (κ3) is 13.1. The van der Waals surface area contributed by atoms with Gasteiger partial charge in [-0.05, 0) is 25.7 Å². The van der Waals surface area contributed by atoms with Crippen LogP contribution in [0.15, 0.2) is 0 Å². The first-order valence-corrected chi connectivity index (χ1v) is 16.0. The summed E-state index contributed by atoms with van der Waals surface area (Å²) < 4.78 is 9.52. The van der Waals surface area contributed by atoms with Gasteiger partial charge >= 0.3 is 23.5 Å². The first-order chi connectivity index (χ1) is 12.8. The Hall–Kier alpha value is -2.09. The maximum absolute atomic E-state index is 11.5. The molecule has 0 saturated heterocycles. The van der Waals surface area contributed by atoms with E-state index in [-0.39, 0.29) is 13.2 Å². The molecule has 0 fully saturated rings. The molecule has 162 valence electrons. The Balaban J connectivity index is 3.60. The molecule has 0 amide bonds. The standard InChI is InChI=1S/C16H30O10Si2/c1-27(2,3)15(19)25-23-13(17)21-11-9-7-8-10-12-22-14(18)24-26-16(20)28(4,5)6/h7-12H2,1-6H3. The van der Waals surface area contributed by atoms with Gasteiger partial charge in [-0.2, -0.15) is 9.59 Å². The van der Waals surface area contributed by atoms with Crippen LogP contribution in [0.1, 0.15) is 25.7 Å². The van der Waals surface area contributed by atoms with Gasteiger partial charge in [0.25, 0.3) is 0 Å². The van der Waals surface area contributed by atoms with Crippen LogP contribution in [0.5, 0.6) is 0 Å². The summed E-state index contributed by atoms with van der Waals surface area (Å²) in [5.41, 5.74) is -1.09. The van der Waals surface area contributed by atoms with Crippen molar-refractivity contribution < 1.29 is 48.2 Å². The van der Waals surface area contributed by atoms with Crippen molar-refractivity contribution in [2.45, 2.75) is 65.0 Å². The summed E-state index contributed by atoms with van der Waals surface area (Å²) in [4.78, 5) is 62.8. The molecule has 0 heterocycles. The number of hydrogen-bond acceptors (Lipinski definition) is 10. The zero-order chi connectivity index (χ0) is 21.8. The van der Waals surface area contributed by atoms with Crippen LogP contribution in [0.4, 0.5) is 19.2 Å². The highest BCUT2D eigenvalue weighted by Gasteiger charge is 2.29. The van der Waals surface area contributed by atoms with E-state index in [0.717, 1.165) is 0 Å². The predicted molar refractivity (Wildman–Crippen MR) is 103 cm³/mol. The Kier molecular flexibility index (Phi) is 11.5. The Morgan fingerprint density at radius 1 is 0.536 bits per heavy atom. The van der Waals surface area contributed by atoms with Crippen molar-refractivity contribution in [3.8, 4) is 0 Å². The smallest absolute Gasteiger partial charge is 0.432 e. The Bertz CT molecular complexity index is 489.